The lowest BCUT2D eigenvalue weighted by atomic mass is 10.1. The van der Waals surface area contributed by atoms with Gasteiger partial charge in [-0.15, -0.1) is 0 Å². The number of halogens is 2. The van der Waals surface area contributed by atoms with Crippen LogP contribution in [0.1, 0.15) is 19.4 Å². The van der Waals surface area contributed by atoms with Crippen molar-refractivity contribution >= 4 is 50.7 Å². The number of benzene rings is 2. The number of carbonyl (C=O) groups excluding carboxylic acids is 2. The first-order valence-electron chi connectivity index (χ1n) is 10.1. The first kappa shape index (κ1) is 26.8. The van der Waals surface area contributed by atoms with E-state index in [-0.39, 0.29) is 6.54 Å². The molecular formula is C22H27Cl2N3O5S. The van der Waals surface area contributed by atoms with Gasteiger partial charge in [-0.1, -0.05) is 29.3 Å². The van der Waals surface area contributed by atoms with Crippen LogP contribution < -0.4 is 14.4 Å². The molecule has 0 aliphatic carbocycles. The van der Waals surface area contributed by atoms with Gasteiger partial charge in [0.05, 0.1) is 28.6 Å². The summed E-state index contributed by atoms with van der Waals surface area (Å²) >= 11 is 12.1. The lowest BCUT2D eigenvalue weighted by Crippen LogP contribution is -2.50. The SMILES string of the molecule is CCOc1ccc(N(CC(=O)N(Cc2ccc(Cl)c(Cl)c2)C(C)C(=O)NC)S(C)(=O)=O)cc1. The summed E-state index contributed by atoms with van der Waals surface area (Å²) in [6.07, 6.45) is 1.02. The van der Waals surface area contributed by atoms with Gasteiger partial charge in [0, 0.05) is 13.6 Å². The summed E-state index contributed by atoms with van der Waals surface area (Å²) in [5.74, 6) is -0.373. The molecule has 33 heavy (non-hydrogen) atoms. The van der Waals surface area contributed by atoms with Crippen molar-refractivity contribution in [2.75, 3.05) is 30.8 Å². The number of sulfonamides is 1. The summed E-state index contributed by atoms with van der Waals surface area (Å²) in [5.41, 5.74) is 0.942. The molecule has 2 aromatic carbocycles. The largest absolute Gasteiger partial charge is 0.494 e. The van der Waals surface area contributed by atoms with Crippen molar-refractivity contribution in [3.05, 3.63) is 58.1 Å². The molecule has 0 radical (unpaired) electrons. The van der Waals surface area contributed by atoms with Gasteiger partial charge in [0.1, 0.15) is 18.3 Å². The van der Waals surface area contributed by atoms with E-state index < -0.39 is 34.4 Å². The molecule has 1 unspecified atom stereocenters. The van der Waals surface area contributed by atoms with Crippen LogP contribution in [0.5, 0.6) is 5.75 Å². The minimum absolute atomic E-state index is 0.0329. The average Bonchev–Trinajstić information content (AvgIpc) is 2.77. The van der Waals surface area contributed by atoms with E-state index in [9.17, 15) is 18.0 Å². The quantitative estimate of drug-likeness (QED) is 0.523. The van der Waals surface area contributed by atoms with Crippen molar-refractivity contribution in [3.8, 4) is 5.75 Å². The van der Waals surface area contributed by atoms with Crippen molar-refractivity contribution in [3.63, 3.8) is 0 Å². The molecule has 0 heterocycles. The predicted octanol–water partition coefficient (Wildman–Crippen LogP) is 3.32. The standard InChI is InChI=1S/C22H27Cl2N3O5S/c1-5-32-18-9-7-17(8-10-18)27(33(4,30)31)14-21(28)26(15(2)22(29)25-3)13-16-6-11-19(23)20(24)12-16/h6-12,15H,5,13-14H2,1-4H3,(H,25,29). The Morgan fingerprint density at radius 3 is 2.24 bits per heavy atom. The molecule has 1 atom stereocenters. The van der Waals surface area contributed by atoms with E-state index in [1.165, 1.54) is 11.9 Å². The zero-order valence-electron chi connectivity index (χ0n) is 18.8. The molecule has 0 saturated carbocycles. The van der Waals surface area contributed by atoms with Gasteiger partial charge in [0.15, 0.2) is 0 Å². The number of anilines is 1. The fourth-order valence-electron chi connectivity index (χ4n) is 3.12. The average molecular weight is 516 g/mol. The van der Waals surface area contributed by atoms with Gasteiger partial charge in [-0.05, 0) is 55.8 Å². The molecule has 2 rings (SSSR count). The number of amides is 2. The Bertz CT molecular complexity index is 1090. The molecule has 0 fully saturated rings. The summed E-state index contributed by atoms with van der Waals surface area (Å²) < 4.78 is 31.4. The fourth-order valence-corrected chi connectivity index (χ4v) is 4.29. The van der Waals surface area contributed by atoms with Crippen molar-refractivity contribution in [1.29, 1.82) is 0 Å². The fraction of sp³-hybridized carbons (Fsp3) is 0.364. The molecule has 0 bridgehead atoms. The van der Waals surface area contributed by atoms with E-state index in [0.29, 0.717) is 33.7 Å². The van der Waals surface area contributed by atoms with Crippen LogP contribution in [0.2, 0.25) is 10.0 Å². The van der Waals surface area contributed by atoms with Crippen LogP contribution in [0.4, 0.5) is 5.69 Å². The number of nitrogens with zero attached hydrogens (tertiary/aromatic N) is 2. The van der Waals surface area contributed by atoms with E-state index in [1.54, 1.807) is 49.4 Å². The molecule has 8 nitrogen and oxygen atoms in total. The van der Waals surface area contributed by atoms with E-state index in [1.807, 2.05) is 6.92 Å². The van der Waals surface area contributed by atoms with Gasteiger partial charge in [0.2, 0.25) is 21.8 Å². The molecule has 0 aliphatic heterocycles. The Morgan fingerprint density at radius 1 is 1.09 bits per heavy atom. The maximum Gasteiger partial charge on any atom is 0.244 e. The molecule has 1 N–H and O–H groups in total. The van der Waals surface area contributed by atoms with Gasteiger partial charge in [-0.25, -0.2) is 8.42 Å². The third kappa shape index (κ3) is 7.25. The Kier molecular flexibility index (Phi) is 9.39. The zero-order valence-corrected chi connectivity index (χ0v) is 21.2. The van der Waals surface area contributed by atoms with Crippen LogP contribution in [0, 0.1) is 0 Å². The first-order chi connectivity index (χ1) is 15.5. The molecule has 180 valence electrons. The Labute approximate surface area is 204 Å². The van der Waals surface area contributed by atoms with Crippen LogP contribution >= 0.6 is 23.2 Å². The Hall–Kier alpha value is -2.49. The Morgan fingerprint density at radius 2 is 1.73 bits per heavy atom. The van der Waals surface area contributed by atoms with Crippen LogP contribution in [0.15, 0.2) is 42.5 Å². The first-order valence-corrected chi connectivity index (χ1v) is 12.7. The summed E-state index contributed by atoms with van der Waals surface area (Å²) in [6.45, 7) is 3.41. The summed E-state index contributed by atoms with van der Waals surface area (Å²) in [5, 5.41) is 3.18. The maximum absolute atomic E-state index is 13.3. The van der Waals surface area contributed by atoms with Crippen LogP contribution in [-0.2, 0) is 26.2 Å². The van der Waals surface area contributed by atoms with E-state index in [4.69, 9.17) is 27.9 Å². The Balaban J connectivity index is 2.37. The van der Waals surface area contributed by atoms with Gasteiger partial charge < -0.3 is 15.0 Å². The molecular weight excluding hydrogens is 489 g/mol. The highest BCUT2D eigenvalue weighted by Crippen LogP contribution is 2.25. The topological polar surface area (TPSA) is 96.0 Å². The minimum Gasteiger partial charge on any atom is -0.494 e. The normalized spacial score (nSPS) is 12.1. The smallest absolute Gasteiger partial charge is 0.244 e. The third-order valence-corrected chi connectivity index (χ3v) is 6.75. The maximum atomic E-state index is 13.3. The van der Waals surface area contributed by atoms with Crippen LogP contribution in [0.25, 0.3) is 0 Å². The number of hydrogen-bond acceptors (Lipinski definition) is 5. The second-order valence-corrected chi connectivity index (χ2v) is 9.98. The van der Waals surface area contributed by atoms with E-state index in [0.717, 1.165) is 10.6 Å². The second kappa shape index (κ2) is 11.6. The van der Waals surface area contributed by atoms with E-state index >= 15 is 0 Å². The highest BCUT2D eigenvalue weighted by Gasteiger charge is 2.29. The lowest BCUT2D eigenvalue weighted by molar-refractivity contribution is -0.139. The van der Waals surface area contributed by atoms with Gasteiger partial charge >= 0.3 is 0 Å². The number of carbonyl (C=O) groups is 2. The van der Waals surface area contributed by atoms with Crippen LogP contribution in [0.3, 0.4) is 0 Å². The molecule has 2 amide bonds. The summed E-state index contributed by atoms with van der Waals surface area (Å²) in [4.78, 5) is 26.9. The van der Waals surface area contributed by atoms with E-state index in [2.05, 4.69) is 5.32 Å². The molecule has 11 heteroatoms. The molecule has 2 aromatic rings. The zero-order chi connectivity index (χ0) is 24.8. The highest BCUT2D eigenvalue weighted by molar-refractivity contribution is 7.92. The van der Waals surface area contributed by atoms with Crippen molar-refractivity contribution < 1.29 is 22.7 Å². The van der Waals surface area contributed by atoms with Gasteiger partial charge in [-0.3, -0.25) is 13.9 Å². The highest BCUT2D eigenvalue weighted by atomic mass is 35.5. The van der Waals surface area contributed by atoms with Crippen molar-refractivity contribution in [2.45, 2.75) is 26.4 Å². The second-order valence-electron chi connectivity index (χ2n) is 7.26. The van der Waals surface area contributed by atoms with Crippen LogP contribution in [-0.4, -0.2) is 57.6 Å². The third-order valence-electron chi connectivity index (χ3n) is 4.87. The van der Waals surface area contributed by atoms with Crippen molar-refractivity contribution in [1.82, 2.24) is 10.2 Å². The molecule has 0 aliphatic rings. The number of rotatable bonds is 10. The summed E-state index contributed by atoms with van der Waals surface area (Å²) in [6, 6.07) is 10.4. The number of likely N-dealkylation sites (N-methyl/N-ethyl adjacent to an activating group) is 1. The number of nitrogens with one attached hydrogen (secondary N) is 1. The minimum atomic E-state index is -3.80. The molecule has 0 spiro atoms. The number of ether oxygens (including phenoxy) is 1. The molecule has 0 saturated heterocycles. The van der Waals surface area contributed by atoms with Gasteiger partial charge in [-0.2, -0.15) is 0 Å². The lowest BCUT2D eigenvalue weighted by Gasteiger charge is -2.31. The number of hydrogen-bond donors (Lipinski definition) is 1. The molecule has 0 aromatic heterocycles. The monoisotopic (exact) mass is 515 g/mol. The summed E-state index contributed by atoms with van der Waals surface area (Å²) in [7, 11) is -2.34. The van der Waals surface area contributed by atoms with Crippen molar-refractivity contribution in [2.24, 2.45) is 0 Å². The predicted molar refractivity (Wildman–Crippen MR) is 130 cm³/mol. The van der Waals surface area contributed by atoms with Gasteiger partial charge in [0.25, 0.3) is 0 Å².